The zero-order valence-corrected chi connectivity index (χ0v) is 28.5. The third-order valence-electron chi connectivity index (χ3n) is 14.3. The first-order valence-electron chi connectivity index (χ1n) is 17.3. The van der Waals surface area contributed by atoms with Gasteiger partial charge in [0, 0.05) is 0 Å². The third-order valence-corrected chi connectivity index (χ3v) is 14.3. The monoisotopic (exact) mass is 622 g/mol. The number of fused-ring (bicyclic) bond motifs is 5. The average Bonchev–Trinajstić information content (AvgIpc) is 3.31. The maximum absolute atomic E-state index is 12.0. The van der Waals surface area contributed by atoms with E-state index in [0.717, 1.165) is 57.8 Å². The van der Waals surface area contributed by atoms with Gasteiger partial charge in [-0.25, -0.2) is 0 Å². The maximum atomic E-state index is 12.0. The summed E-state index contributed by atoms with van der Waals surface area (Å²) in [5.74, 6) is 1.32. The summed E-state index contributed by atoms with van der Waals surface area (Å²) in [5, 5.41) is 63.2. The van der Waals surface area contributed by atoms with Gasteiger partial charge in [0.1, 0.15) is 24.4 Å². The van der Waals surface area contributed by atoms with E-state index in [-0.39, 0.29) is 39.8 Å². The molecule has 5 fully saturated rings. The van der Waals surface area contributed by atoms with Gasteiger partial charge in [0.25, 0.3) is 0 Å². The first-order valence-corrected chi connectivity index (χ1v) is 17.3. The maximum Gasteiger partial charge on any atom is 0.186 e. The first-order chi connectivity index (χ1) is 20.3. The summed E-state index contributed by atoms with van der Waals surface area (Å²) in [5.41, 5.74) is 0.589. The molecule has 1 aliphatic heterocycles. The SMILES string of the molecule is CC(=CCCC(C)(C)O)[C@H]1CC[C@]2(C)[C@@H]1[C@H](O)C[C@@H]1[C@@]3(C)CC[C@H](O[C@@H]4O[C@H](CO)[C@@H](O)[C@H](O)[C@H]4O)C(C)(C)[C@@H]3CC[C@]12C. The molecule has 1 saturated heterocycles. The van der Waals surface area contributed by atoms with Crippen LogP contribution in [0.15, 0.2) is 11.6 Å². The average molecular weight is 623 g/mol. The van der Waals surface area contributed by atoms with Gasteiger partial charge in [0.15, 0.2) is 6.29 Å². The Morgan fingerprint density at radius 2 is 1.55 bits per heavy atom. The van der Waals surface area contributed by atoms with Gasteiger partial charge in [-0.3, -0.25) is 0 Å². The summed E-state index contributed by atoms with van der Waals surface area (Å²) < 4.78 is 12.2. The predicted octanol–water partition coefficient (Wildman–Crippen LogP) is 4.32. The molecule has 6 N–H and O–H groups in total. The van der Waals surface area contributed by atoms with Crippen LogP contribution in [0.4, 0.5) is 0 Å². The van der Waals surface area contributed by atoms with Crippen LogP contribution in [-0.4, -0.2) is 85.8 Å². The number of ether oxygens (including phenoxy) is 2. The van der Waals surface area contributed by atoms with Gasteiger partial charge >= 0.3 is 0 Å². The molecule has 0 radical (unpaired) electrons. The molecule has 0 spiro atoms. The van der Waals surface area contributed by atoms with E-state index in [1.807, 2.05) is 13.8 Å². The van der Waals surface area contributed by atoms with Crippen molar-refractivity contribution in [3.8, 4) is 0 Å². The van der Waals surface area contributed by atoms with Crippen molar-refractivity contribution in [2.45, 2.75) is 162 Å². The summed E-state index contributed by atoms with van der Waals surface area (Å²) in [6.45, 7) is 17.4. The van der Waals surface area contributed by atoms with E-state index in [4.69, 9.17) is 9.47 Å². The van der Waals surface area contributed by atoms with Gasteiger partial charge in [-0.05, 0) is 124 Å². The van der Waals surface area contributed by atoms with Crippen molar-refractivity contribution in [3.05, 3.63) is 11.6 Å². The van der Waals surface area contributed by atoms with Crippen molar-refractivity contribution in [2.24, 2.45) is 45.3 Å². The molecule has 4 aliphatic carbocycles. The molecule has 0 unspecified atom stereocenters. The molecular formula is C36H62O8. The largest absolute Gasteiger partial charge is 0.394 e. The van der Waals surface area contributed by atoms with Crippen molar-refractivity contribution in [1.29, 1.82) is 0 Å². The smallest absolute Gasteiger partial charge is 0.186 e. The quantitative estimate of drug-likeness (QED) is 0.182. The summed E-state index contributed by atoms with van der Waals surface area (Å²) in [4.78, 5) is 0. The molecule has 44 heavy (non-hydrogen) atoms. The van der Waals surface area contributed by atoms with Crippen LogP contribution in [-0.2, 0) is 9.47 Å². The summed E-state index contributed by atoms with van der Waals surface area (Å²) in [6, 6.07) is 0. The molecule has 5 rings (SSSR count). The zero-order valence-electron chi connectivity index (χ0n) is 28.5. The molecule has 0 aromatic carbocycles. The number of rotatable bonds is 7. The highest BCUT2D eigenvalue weighted by Gasteiger charge is 2.70. The molecular weight excluding hydrogens is 560 g/mol. The van der Waals surface area contributed by atoms with Gasteiger partial charge in [-0.15, -0.1) is 0 Å². The van der Waals surface area contributed by atoms with Crippen LogP contribution in [0, 0.1) is 45.3 Å². The number of aliphatic hydroxyl groups is 6. The van der Waals surface area contributed by atoms with Crippen LogP contribution in [0.3, 0.4) is 0 Å². The Labute approximate surface area is 265 Å². The summed E-state index contributed by atoms with van der Waals surface area (Å²) in [6.07, 6.45) is 3.85. The van der Waals surface area contributed by atoms with E-state index in [0.29, 0.717) is 17.8 Å². The van der Waals surface area contributed by atoms with Crippen LogP contribution < -0.4 is 0 Å². The number of hydrogen-bond acceptors (Lipinski definition) is 8. The minimum Gasteiger partial charge on any atom is -0.394 e. The Hall–Kier alpha value is -0.580. The molecule has 0 aromatic heterocycles. The molecule has 0 amide bonds. The van der Waals surface area contributed by atoms with Crippen molar-refractivity contribution in [3.63, 3.8) is 0 Å². The fourth-order valence-electron chi connectivity index (χ4n) is 11.6. The molecule has 0 bridgehead atoms. The third kappa shape index (κ3) is 5.45. The molecule has 8 nitrogen and oxygen atoms in total. The Bertz CT molecular complexity index is 1070. The van der Waals surface area contributed by atoms with Gasteiger partial charge in [-0.1, -0.05) is 46.3 Å². The van der Waals surface area contributed by atoms with E-state index >= 15 is 0 Å². The molecule has 4 saturated carbocycles. The lowest BCUT2D eigenvalue weighted by molar-refractivity contribution is -0.331. The van der Waals surface area contributed by atoms with Gasteiger partial charge in [-0.2, -0.15) is 0 Å². The van der Waals surface area contributed by atoms with Crippen molar-refractivity contribution in [1.82, 2.24) is 0 Å². The Balaban J connectivity index is 1.36. The van der Waals surface area contributed by atoms with Crippen LogP contribution in [0.5, 0.6) is 0 Å². The van der Waals surface area contributed by atoms with E-state index < -0.39 is 42.9 Å². The standard InChI is InChI=1S/C36H62O8/c1-20(10-9-14-32(2,3)42)21-11-16-36(8)27(21)22(38)18-25-34(6)15-13-26(33(4,5)24(34)12-17-35(25,36)7)44-31-30(41)29(40)28(39)23(19-37)43-31/h10,21-31,37-42H,9,11-19H2,1-8H3/t21-,22-,23-,24+,25-,26+,27+,28-,29+,30-,31+,34+,35-,36-/m1/s1. The second kappa shape index (κ2) is 11.8. The molecule has 1 heterocycles. The molecule has 5 aliphatic rings. The fourth-order valence-corrected chi connectivity index (χ4v) is 11.6. The summed E-state index contributed by atoms with van der Waals surface area (Å²) in [7, 11) is 0. The minimum absolute atomic E-state index is 0.0103. The van der Waals surface area contributed by atoms with Gasteiger partial charge in [0.2, 0.25) is 0 Å². The predicted molar refractivity (Wildman–Crippen MR) is 168 cm³/mol. The molecule has 0 aromatic rings. The lowest BCUT2D eigenvalue weighted by Gasteiger charge is -2.70. The number of allylic oxidation sites excluding steroid dienone is 2. The van der Waals surface area contributed by atoms with Crippen LogP contribution >= 0.6 is 0 Å². The van der Waals surface area contributed by atoms with E-state index in [1.165, 1.54) is 5.57 Å². The van der Waals surface area contributed by atoms with E-state index in [2.05, 4.69) is 47.6 Å². The van der Waals surface area contributed by atoms with Crippen molar-refractivity contribution < 1.29 is 40.1 Å². The first kappa shape index (κ1) is 34.7. The normalized spacial score (nSPS) is 51.0. The summed E-state index contributed by atoms with van der Waals surface area (Å²) >= 11 is 0. The van der Waals surface area contributed by atoms with Crippen LogP contribution in [0.25, 0.3) is 0 Å². The highest BCUT2D eigenvalue weighted by molar-refractivity contribution is 5.22. The molecule has 254 valence electrons. The fraction of sp³-hybridized carbons (Fsp3) is 0.944. The number of aliphatic hydroxyl groups excluding tert-OH is 5. The lowest BCUT2D eigenvalue weighted by atomic mass is 9.35. The zero-order chi connectivity index (χ0) is 32.6. The minimum atomic E-state index is -1.45. The Morgan fingerprint density at radius 1 is 0.886 bits per heavy atom. The topological polar surface area (TPSA) is 140 Å². The van der Waals surface area contributed by atoms with E-state index in [9.17, 15) is 30.6 Å². The Kier molecular flexibility index (Phi) is 9.35. The molecule has 8 heteroatoms. The second-order valence-electron chi connectivity index (χ2n) is 17.4. The number of hydrogen-bond donors (Lipinski definition) is 6. The highest BCUT2D eigenvalue weighted by atomic mass is 16.7. The van der Waals surface area contributed by atoms with Crippen molar-refractivity contribution >= 4 is 0 Å². The van der Waals surface area contributed by atoms with Crippen molar-refractivity contribution in [2.75, 3.05) is 6.61 Å². The van der Waals surface area contributed by atoms with Crippen LogP contribution in [0.2, 0.25) is 0 Å². The Morgan fingerprint density at radius 3 is 2.18 bits per heavy atom. The lowest BCUT2D eigenvalue weighted by Crippen LogP contribution is -2.67. The van der Waals surface area contributed by atoms with E-state index in [1.54, 1.807) is 0 Å². The van der Waals surface area contributed by atoms with Gasteiger partial charge < -0.3 is 40.1 Å². The van der Waals surface area contributed by atoms with Crippen LogP contribution in [0.1, 0.15) is 113 Å². The van der Waals surface area contributed by atoms with Gasteiger partial charge in [0.05, 0.1) is 24.4 Å². The highest BCUT2D eigenvalue weighted by Crippen LogP contribution is 2.75. The molecule has 14 atom stereocenters. The second-order valence-corrected chi connectivity index (χ2v) is 17.4.